The van der Waals surface area contributed by atoms with Crippen LogP contribution >= 0.6 is 0 Å². The van der Waals surface area contributed by atoms with Gasteiger partial charge in [0.15, 0.2) is 11.5 Å². The normalized spacial score (nSPS) is 15.3. The number of carbonyl (C=O) groups excluding carboxylic acids is 1. The number of pyridine rings is 1. The molecule has 0 spiro atoms. The summed E-state index contributed by atoms with van der Waals surface area (Å²) in [5, 5.41) is 4.21. The van der Waals surface area contributed by atoms with Crippen molar-refractivity contribution in [1.29, 1.82) is 0 Å². The van der Waals surface area contributed by atoms with Gasteiger partial charge >= 0.3 is 0 Å². The summed E-state index contributed by atoms with van der Waals surface area (Å²) in [6.45, 7) is 4.29. The topological polar surface area (TPSA) is 79.5 Å². The van der Waals surface area contributed by atoms with E-state index in [0.717, 1.165) is 40.8 Å². The first-order chi connectivity index (χ1) is 19.0. The van der Waals surface area contributed by atoms with Crippen LogP contribution < -0.4 is 14.8 Å². The number of methoxy groups -OCH3 is 2. The average molecular weight is 527 g/mol. The zero-order valence-electron chi connectivity index (χ0n) is 23.3. The van der Waals surface area contributed by atoms with E-state index in [1.54, 1.807) is 14.2 Å². The second-order valence-corrected chi connectivity index (χ2v) is 10.5. The number of aromatic nitrogens is 2. The Morgan fingerprint density at radius 3 is 2.54 bits per heavy atom. The van der Waals surface area contributed by atoms with Crippen LogP contribution in [0.5, 0.6) is 11.5 Å². The van der Waals surface area contributed by atoms with E-state index in [1.807, 2.05) is 37.5 Å². The number of nitrogens with one attached hydrogen (secondary N) is 2. The highest BCUT2D eigenvalue weighted by Crippen LogP contribution is 2.34. The third kappa shape index (κ3) is 5.93. The quantitative estimate of drug-likeness (QED) is 0.285. The van der Waals surface area contributed by atoms with E-state index in [4.69, 9.17) is 9.47 Å². The Bertz CT molecular complexity index is 1420. The van der Waals surface area contributed by atoms with Crippen LogP contribution in [0, 0.1) is 0 Å². The number of nitrogens with zero attached hydrogens (tertiary/aromatic N) is 2. The highest BCUT2D eigenvalue weighted by atomic mass is 16.5. The zero-order valence-corrected chi connectivity index (χ0v) is 23.3. The molecule has 2 aromatic carbocycles. The van der Waals surface area contributed by atoms with Crippen molar-refractivity contribution in [3.8, 4) is 22.6 Å². The van der Waals surface area contributed by atoms with E-state index in [1.165, 1.54) is 24.0 Å². The maximum Gasteiger partial charge on any atom is 0.220 e. The Morgan fingerprint density at radius 1 is 1.08 bits per heavy atom. The molecule has 1 saturated heterocycles. The van der Waals surface area contributed by atoms with Crippen molar-refractivity contribution in [2.75, 3.05) is 34.4 Å². The van der Waals surface area contributed by atoms with Crippen LogP contribution in [0.1, 0.15) is 54.8 Å². The van der Waals surface area contributed by atoms with Gasteiger partial charge in [0.1, 0.15) is 5.65 Å². The van der Waals surface area contributed by atoms with E-state index in [9.17, 15) is 4.79 Å². The summed E-state index contributed by atoms with van der Waals surface area (Å²) in [7, 11) is 5.42. The average Bonchev–Trinajstić information content (AvgIpc) is 3.39. The number of H-pyrrole nitrogens is 1. The third-order valence-electron chi connectivity index (χ3n) is 7.97. The molecule has 2 N–H and O–H groups in total. The lowest BCUT2D eigenvalue weighted by atomic mass is 9.88. The lowest BCUT2D eigenvalue weighted by molar-refractivity contribution is -0.121. The largest absolute Gasteiger partial charge is 0.493 e. The first kappa shape index (κ1) is 26.8. The minimum absolute atomic E-state index is 0.000412. The summed E-state index contributed by atoms with van der Waals surface area (Å²) in [5.41, 5.74) is 6.65. The first-order valence-corrected chi connectivity index (χ1v) is 13.7. The van der Waals surface area contributed by atoms with Gasteiger partial charge in [-0.3, -0.25) is 4.79 Å². The molecule has 1 fully saturated rings. The molecular formula is C32H38N4O3. The molecule has 3 heterocycles. The maximum atomic E-state index is 12.9. The Kier molecular flexibility index (Phi) is 8.17. The van der Waals surface area contributed by atoms with E-state index in [-0.39, 0.29) is 11.9 Å². The molecule has 7 heteroatoms. The summed E-state index contributed by atoms with van der Waals surface area (Å²) >= 11 is 0. The fraction of sp³-hybridized carbons (Fsp3) is 0.375. The fourth-order valence-electron chi connectivity index (χ4n) is 5.61. The Morgan fingerprint density at radius 2 is 1.82 bits per heavy atom. The summed E-state index contributed by atoms with van der Waals surface area (Å²) in [4.78, 5) is 23.2. The number of amides is 1. The fourth-order valence-corrected chi connectivity index (χ4v) is 5.61. The zero-order chi connectivity index (χ0) is 27.4. The smallest absolute Gasteiger partial charge is 0.220 e. The predicted octanol–water partition coefficient (Wildman–Crippen LogP) is 5.87. The van der Waals surface area contributed by atoms with Crippen LogP contribution in [0.25, 0.3) is 22.2 Å². The van der Waals surface area contributed by atoms with Crippen molar-refractivity contribution in [3.63, 3.8) is 0 Å². The van der Waals surface area contributed by atoms with Gasteiger partial charge in [-0.1, -0.05) is 30.3 Å². The SMILES string of the molecule is COc1ccc([C@@H](C)NC(=O)CCc2c[nH]c3nccc(-c4ccc(C5CCN(C)CC5)cc4)c23)cc1OC. The molecule has 0 aliphatic carbocycles. The molecule has 0 saturated carbocycles. The Hall–Kier alpha value is -3.84. The molecule has 5 rings (SSSR count). The lowest BCUT2D eigenvalue weighted by Crippen LogP contribution is -2.29. The minimum atomic E-state index is -0.152. The van der Waals surface area contributed by atoms with E-state index < -0.39 is 0 Å². The molecule has 0 radical (unpaired) electrons. The van der Waals surface area contributed by atoms with E-state index >= 15 is 0 Å². The van der Waals surface area contributed by atoms with Crippen molar-refractivity contribution in [2.24, 2.45) is 0 Å². The molecule has 0 unspecified atom stereocenters. The number of carbonyl (C=O) groups is 1. The van der Waals surface area contributed by atoms with E-state index in [0.29, 0.717) is 30.3 Å². The molecule has 1 atom stereocenters. The minimum Gasteiger partial charge on any atom is -0.493 e. The Balaban J connectivity index is 1.27. The van der Waals surface area contributed by atoms with Gasteiger partial charge in [-0.05, 0) is 98.3 Å². The van der Waals surface area contributed by atoms with Crippen LogP contribution in [-0.4, -0.2) is 55.1 Å². The van der Waals surface area contributed by atoms with Crippen LogP contribution in [0.3, 0.4) is 0 Å². The van der Waals surface area contributed by atoms with Crippen LogP contribution in [-0.2, 0) is 11.2 Å². The molecule has 204 valence electrons. The molecule has 4 aromatic rings. The van der Waals surface area contributed by atoms with Gasteiger partial charge in [-0.25, -0.2) is 4.98 Å². The third-order valence-corrected chi connectivity index (χ3v) is 7.97. The summed E-state index contributed by atoms with van der Waals surface area (Å²) < 4.78 is 10.7. The van der Waals surface area contributed by atoms with Crippen LogP contribution in [0.15, 0.2) is 60.9 Å². The molecule has 1 aliphatic rings. The molecule has 0 bridgehead atoms. The van der Waals surface area contributed by atoms with Crippen molar-refractivity contribution in [2.45, 2.75) is 44.6 Å². The highest BCUT2D eigenvalue weighted by molar-refractivity contribution is 5.96. The number of hydrogen-bond donors (Lipinski definition) is 2. The number of aryl methyl sites for hydroxylation is 1. The standard InChI is InChI=1S/C32H38N4O3/c1-21(25-9-11-28(38-3)29(19-25)39-4)35-30(37)12-10-26-20-34-32-31(26)27(13-16-33-32)24-7-5-22(6-8-24)23-14-17-36(2)18-15-23/h5-9,11,13,16,19-21,23H,10,12,14-15,17-18H2,1-4H3,(H,33,34)(H,35,37)/t21-/m1/s1. The first-order valence-electron chi connectivity index (χ1n) is 13.7. The molecule has 7 nitrogen and oxygen atoms in total. The molecule has 1 amide bonds. The van der Waals surface area contributed by atoms with Crippen molar-refractivity contribution >= 4 is 16.9 Å². The number of rotatable bonds is 9. The Labute approximate surface area is 230 Å². The van der Waals surface area contributed by atoms with Crippen molar-refractivity contribution in [1.82, 2.24) is 20.2 Å². The second-order valence-electron chi connectivity index (χ2n) is 10.5. The number of likely N-dealkylation sites (tertiary alicyclic amines) is 1. The number of ether oxygens (including phenoxy) is 2. The van der Waals surface area contributed by atoms with Gasteiger partial charge in [-0.15, -0.1) is 0 Å². The van der Waals surface area contributed by atoms with Gasteiger partial charge in [0, 0.05) is 24.2 Å². The second kappa shape index (κ2) is 11.9. The van der Waals surface area contributed by atoms with Gasteiger partial charge in [0.25, 0.3) is 0 Å². The van der Waals surface area contributed by atoms with Gasteiger partial charge in [0.05, 0.1) is 20.3 Å². The highest BCUT2D eigenvalue weighted by Gasteiger charge is 2.19. The number of fused-ring (bicyclic) bond motifs is 1. The van der Waals surface area contributed by atoms with Gasteiger partial charge < -0.3 is 24.7 Å². The number of benzene rings is 2. The number of hydrogen-bond acceptors (Lipinski definition) is 5. The van der Waals surface area contributed by atoms with Crippen molar-refractivity contribution in [3.05, 3.63) is 77.6 Å². The number of piperidine rings is 1. The van der Waals surface area contributed by atoms with Crippen LogP contribution in [0.2, 0.25) is 0 Å². The summed E-state index contributed by atoms with van der Waals surface area (Å²) in [6, 6.07) is 16.7. The van der Waals surface area contributed by atoms with E-state index in [2.05, 4.69) is 57.6 Å². The molecular weight excluding hydrogens is 488 g/mol. The van der Waals surface area contributed by atoms with Gasteiger partial charge in [0.2, 0.25) is 5.91 Å². The summed E-state index contributed by atoms with van der Waals surface area (Å²) in [5.74, 6) is 1.95. The molecule has 2 aromatic heterocycles. The molecule has 39 heavy (non-hydrogen) atoms. The monoisotopic (exact) mass is 526 g/mol. The van der Waals surface area contributed by atoms with Crippen LogP contribution in [0.4, 0.5) is 0 Å². The molecule has 1 aliphatic heterocycles. The predicted molar refractivity (Wildman–Crippen MR) is 155 cm³/mol. The summed E-state index contributed by atoms with van der Waals surface area (Å²) in [6.07, 6.45) is 7.26. The van der Waals surface area contributed by atoms with Crippen molar-refractivity contribution < 1.29 is 14.3 Å². The van der Waals surface area contributed by atoms with Gasteiger partial charge in [-0.2, -0.15) is 0 Å². The lowest BCUT2D eigenvalue weighted by Gasteiger charge is -2.29. The maximum absolute atomic E-state index is 12.9. The number of aromatic amines is 1.